The van der Waals surface area contributed by atoms with Crippen molar-refractivity contribution >= 4 is 34.7 Å². The molecule has 0 unspecified atom stereocenters. The molecule has 1 aromatic carbocycles. The van der Waals surface area contributed by atoms with Crippen LogP contribution in [0.4, 0.5) is 4.39 Å². The number of hydroxylamine groups is 1. The number of hydrogen-bond donors (Lipinski definition) is 1. The minimum Gasteiger partial charge on any atom is -0.369 e. The van der Waals surface area contributed by atoms with Crippen molar-refractivity contribution in [1.82, 2.24) is 20.1 Å². The van der Waals surface area contributed by atoms with Crippen LogP contribution in [0.15, 0.2) is 35.7 Å². The molecule has 2 aromatic heterocycles. The molecule has 1 atom stereocenters. The summed E-state index contributed by atoms with van der Waals surface area (Å²) in [5.41, 5.74) is 4.71. The van der Waals surface area contributed by atoms with Crippen molar-refractivity contribution in [2.24, 2.45) is 4.99 Å². The molecule has 152 valence electrons. The third kappa shape index (κ3) is 3.93. The molecule has 7 nitrogen and oxygen atoms in total. The van der Waals surface area contributed by atoms with E-state index in [0.717, 1.165) is 11.1 Å². The van der Waals surface area contributed by atoms with Gasteiger partial charge in [0.05, 0.1) is 29.5 Å². The molecule has 3 heterocycles. The molecule has 29 heavy (non-hydrogen) atoms. The molecule has 0 saturated carbocycles. The van der Waals surface area contributed by atoms with E-state index >= 15 is 0 Å². The third-order valence-electron chi connectivity index (χ3n) is 4.43. The zero-order valence-corrected chi connectivity index (χ0v) is 17.4. The minimum absolute atomic E-state index is 0.0368. The van der Waals surface area contributed by atoms with E-state index in [9.17, 15) is 4.39 Å². The lowest BCUT2D eigenvalue weighted by atomic mass is 10.1. The minimum atomic E-state index is -0.646. The van der Waals surface area contributed by atoms with Crippen LogP contribution in [-0.2, 0) is 16.2 Å². The highest BCUT2D eigenvalue weighted by atomic mass is 35.5. The first-order chi connectivity index (χ1) is 13.7. The van der Waals surface area contributed by atoms with E-state index in [1.807, 2.05) is 13.8 Å². The van der Waals surface area contributed by atoms with Gasteiger partial charge in [0, 0.05) is 28.5 Å². The van der Waals surface area contributed by atoms with E-state index in [1.165, 1.54) is 12.1 Å². The molecular formula is C19H18Cl2FN5O2. The van der Waals surface area contributed by atoms with Gasteiger partial charge in [-0.15, -0.1) is 0 Å². The lowest BCUT2D eigenvalue weighted by molar-refractivity contribution is -0.0269. The van der Waals surface area contributed by atoms with Gasteiger partial charge >= 0.3 is 0 Å². The zero-order chi connectivity index (χ0) is 20.8. The number of halogens is 3. The van der Waals surface area contributed by atoms with Crippen molar-refractivity contribution < 1.29 is 14.0 Å². The number of nitrogens with zero attached hydrogens (tertiary/aromatic N) is 4. The highest BCUT2D eigenvalue weighted by molar-refractivity contribution is 6.36. The maximum absolute atomic E-state index is 13.7. The summed E-state index contributed by atoms with van der Waals surface area (Å²) >= 11 is 12.2. The summed E-state index contributed by atoms with van der Waals surface area (Å²) in [6, 6.07) is 2.69. The van der Waals surface area contributed by atoms with Crippen molar-refractivity contribution in [2.75, 3.05) is 0 Å². The zero-order valence-electron chi connectivity index (χ0n) is 15.9. The number of aromatic nitrogens is 3. The predicted octanol–water partition coefficient (Wildman–Crippen LogP) is 4.47. The van der Waals surface area contributed by atoms with Crippen molar-refractivity contribution in [3.05, 3.63) is 63.3 Å². The summed E-state index contributed by atoms with van der Waals surface area (Å²) in [5.74, 6) is 0.0368. The van der Waals surface area contributed by atoms with E-state index in [1.54, 1.807) is 30.0 Å². The Balaban J connectivity index is 1.52. The Bertz CT molecular complexity index is 1120. The molecule has 1 aliphatic heterocycles. The number of fused-ring (bicyclic) bond motifs is 1. The molecule has 1 aliphatic rings. The Morgan fingerprint density at radius 3 is 2.83 bits per heavy atom. The fraction of sp³-hybridized carbons (Fsp3) is 0.316. The quantitative estimate of drug-likeness (QED) is 0.596. The molecule has 4 rings (SSSR count). The standard InChI is InChI=1S/C19H18Cl2FN5O2/c1-10(15-13(20)4-5-14(22)16(15)21)28-9-11-6-23-18-12(7-24-27(18)8-11)17-25-19(2,3)29-26-17/h4-8,10H,9H2,1-3H3,(H,25,26)/t10-/m1/s1. The van der Waals surface area contributed by atoms with Crippen LogP contribution in [0.1, 0.15) is 43.6 Å². The van der Waals surface area contributed by atoms with Crippen molar-refractivity contribution in [3.63, 3.8) is 0 Å². The number of amidine groups is 1. The van der Waals surface area contributed by atoms with Crippen molar-refractivity contribution in [3.8, 4) is 0 Å². The van der Waals surface area contributed by atoms with Gasteiger partial charge < -0.3 is 4.74 Å². The van der Waals surface area contributed by atoms with E-state index in [0.29, 0.717) is 22.1 Å². The molecular weight excluding hydrogens is 420 g/mol. The molecule has 0 fully saturated rings. The molecule has 0 amide bonds. The number of benzene rings is 1. The van der Waals surface area contributed by atoms with E-state index in [-0.39, 0.29) is 11.6 Å². The molecule has 0 spiro atoms. The Morgan fingerprint density at radius 2 is 2.10 bits per heavy atom. The molecule has 1 N–H and O–H groups in total. The van der Waals surface area contributed by atoms with Crippen LogP contribution in [0.3, 0.4) is 0 Å². The Labute approximate surface area is 176 Å². The maximum Gasteiger partial charge on any atom is 0.182 e. The molecule has 0 radical (unpaired) electrons. The largest absolute Gasteiger partial charge is 0.369 e. The number of ether oxygens (including phenoxy) is 1. The van der Waals surface area contributed by atoms with Crippen molar-refractivity contribution in [1.29, 1.82) is 0 Å². The topological polar surface area (TPSA) is 73.0 Å². The summed E-state index contributed by atoms with van der Waals surface area (Å²) in [6.07, 6.45) is 4.64. The second-order valence-corrected chi connectivity index (χ2v) is 7.90. The SMILES string of the molecule is C[C@@H](OCc1cnc2c(C3=NC(C)(C)ON3)cnn2c1)c1c(Cl)ccc(F)c1Cl. The van der Waals surface area contributed by atoms with Gasteiger partial charge in [-0.05, 0) is 32.9 Å². The van der Waals surface area contributed by atoms with Gasteiger partial charge in [-0.25, -0.2) is 29.2 Å². The summed E-state index contributed by atoms with van der Waals surface area (Å²) < 4.78 is 21.2. The summed E-state index contributed by atoms with van der Waals surface area (Å²) in [5, 5.41) is 4.64. The highest BCUT2D eigenvalue weighted by Crippen LogP contribution is 2.34. The first-order valence-electron chi connectivity index (χ1n) is 8.86. The Morgan fingerprint density at radius 1 is 1.31 bits per heavy atom. The second kappa shape index (κ2) is 7.53. The van der Waals surface area contributed by atoms with Gasteiger partial charge in [-0.3, -0.25) is 0 Å². The van der Waals surface area contributed by atoms with Crippen LogP contribution in [-0.4, -0.2) is 26.2 Å². The van der Waals surface area contributed by atoms with E-state index in [4.69, 9.17) is 32.8 Å². The van der Waals surface area contributed by atoms with Gasteiger partial charge in [-0.1, -0.05) is 23.2 Å². The van der Waals surface area contributed by atoms with Gasteiger partial charge in [0.2, 0.25) is 0 Å². The first-order valence-corrected chi connectivity index (χ1v) is 9.62. The molecule has 0 bridgehead atoms. The van der Waals surface area contributed by atoms with Crippen molar-refractivity contribution in [2.45, 2.75) is 39.2 Å². The monoisotopic (exact) mass is 437 g/mol. The molecule has 0 saturated heterocycles. The van der Waals surface area contributed by atoms with E-state index < -0.39 is 17.6 Å². The highest BCUT2D eigenvalue weighted by Gasteiger charge is 2.28. The fourth-order valence-electron chi connectivity index (χ4n) is 2.98. The summed E-state index contributed by atoms with van der Waals surface area (Å²) in [7, 11) is 0. The van der Waals surface area contributed by atoms with Gasteiger partial charge in [-0.2, -0.15) is 5.10 Å². The number of hydrogen-bond acceptors (Lipinski definition) is 6. The molecule has 3 aromatic rings. The van der Waals surface area contributed by atoms with Gasteiger partial charge in [0.1, 0.15) is 5.82 Å². The Kier molecular flexibility index (Phi) is 5.20. The van der Waals surface area contributed by atoms with Crippen LogP contribution in [0.5, 0.6) is 0 Å². The molecule has 10 heteroatoms. The first kappa shape index (κ1) is 20.0. The normalized spacial score (nSPS) is 16.7. The van der Waals surface area contributed by atoms with Gasteiger partial charge in [0.25, 0.3) is 0 Å². The fourth-order valence-corrected chi connectivity index (χ4v) is 3.66. The average molecular weight is 438 g/mol. The third-order valence-corrected chi connectivity index (χ3v) is 5.14. The maximum atomic E-state index is 13.7. The number of rotatable bonds is 5. The van der Waals surface area contributed by atoms with Crippen LogP contribution in [0, 0.1) is 5.82 Å². The summed E-state index contributed by atoms with van der Waals surface area (Å²) in [6.45, 7) is 5.67. The number of nitrogens with one attached hydrogen (secondary N) is 1. The lowest BCUT2D eigenvalue weighted by Crippen LogP contribution is -2.23. The lowest BCUT2D eigenvalue weighted by Gasteiger charge is -2.17. The molecule has 0 aliphatic carbocycles. The van der Waals surface area contributed by atoms with Crippen LogP contribution >= 0.6 is 23.2 Å². The predicted molar refractivity (Wildman–Crippen MR) is 107 cm³/mol. The van der Waals surface area contributed by atoms with Crippen LogP contribution in [0.25, 0.3) is 5.65 Å². The number of aliphatic imine (C=N–C) groups is 1. The van der Waals surface area contributed by atoms with Crippen LogP contribution < -0.4 is 5.48 Å². The van der Waals surface area contributed by atoms with Crippen LogP contribution in [0.2, 0.25) is 10.0 Å². The Hall–Kier alpha value is -2.26. The average Bonchev–Trinajstić information content (AvgIpc) is 3.25. The summed E-state index contributed by atoms with van der Waals surface area (Å²) in [4.78, 5) is 14.3. The van der Waals surface area contributed by atoms with Gasteiger partial charge in [0.15, 0.2) is 17.2 Å². The smallest absolute Gasteiger partial charge is 0.182 e. The second-order valence-electron chi connectivity index (χ2n) is 7.11. The van der Waals surface area contributed by atoms with E-state index in [2.05, 4.69) is 20.6 Å².